The van der Waals surface area contributed by atoms with Crippen LogP contribution >= 0.6 is 23.4 Å². The molecule has 1 fully saturated rings. The monoisotopic (exact) mass is 472 g/mol. The van der Waals surface area contributed by atoms with Crippen molar-refractivity contribution in [3.05, 3.63) is 105 Å². The summed E-state index contributed by atoms with van der Waals surface area (Å²) < 4.78 is 2.20. The Morgan fingerprint density at radius 1 is 0.939 bits per heavy atom. The fraction of sp³-hybridized carbons (Fsp3) is 0.111. The summed E-state index contributed by atoms with van der Waals surface area (Å²) in [5.41, 5.74) is 4.92. The van der Waals surface area contributed by atoms with Gasteiger partial charge in [0.2, 0.25) is 0 Å². The fourth-order valence-electron chi connectivity index (χ4n) is 4.30. The standard InChI is InChI=1S/C27H21ClN2O2S/c1-17-13-21(18(2)30(17)24-12-6-9-20-8-3-4-11-23(20)24)15-25-26(31)29(27(32)33-25)16-19-7-5-10-22(28)14-19/h3-15H,16H2,1-2H3/b25-15-. The zero-order chi connectivity index (χ0) is 23.1. The topological polar surface area (TPSA) is 42.3 Å². The van der Waals surface area contributed by atoms with Crippen molar-refractivity contribution in [2.75, 3.05) is 0 Å². The number of benzene rings is 3. The summed E-state index contributed by atoms with van der Waals surface area (Å²) in [4.78, 5) is 27.3. The first-order chi connectivity index (χ1) is 15.9. The normalized spacial score (nSPS) is 15.2. The number of aryl methyl sites for hydroxylation is 1. The Bertz CT molecular complexity index is 1450. The zero-order valence-electron chi connectivity index (χ0n) is 18.2. The van der Waals surface area contributed by atoms with Crippen molar-refractivity contribution in [1.29, 1.82) is 0 Å². The Balaban J connectivity index is 1.49. The maximum atomic E-state index is 13.0. The van der Waals surface area contributed by atoms with Gasteiger partial charge in [0.15, 0.2) is 0 Å². The van der Waals surface area contributed by atoms with Crippen molar-refractivity contribution in [2.24, 2.45) is 0 Å². The second-order valence-electron chi connectivity index (χ2n) is 8.06. The molecule has 1 aromatic heterocycles. The second kappa shape index (κ2) is 8.58. The van der Waals surface area contributed by atoms with E-state index in [1.807, 2.05) is 37.3 Å². The Hall–Kier alpha value is -3.28. The van der Waals surface area contributed by atoms with Crippen LogP contribution in [0.2, 0.25) is 5.02 Å². The lowest BCUT2D eigenvalue weighted by atomic mass is 10.1. The van der Waals surface area contributed by atoms with Crippen molar-refractivity contribution in [3.63, 3.8) is 0 Å². The number of rotatable bonds is 4. The van der Waals surface area contributed by atoms with Crippen molar-refractivity contribution in [2.45, 2.75) is 20.4 Å². The lowest BCUT2D eigenvalue weighted by molar-refractivity contribution is -0.123. The number of hydrogen-bond donors (Lipinski definition) is 0. The van der Waals surface area contributed by atoms with Gasteiger partial charge in [-0.15, -0.1) is 0 Å². The highest BCUT2D eigenvalue weighted by Crippen LogP contribution is 2.35. The van der Waals surface area contributed by atoms with Crippen LogP contribution in [0, 0.1) is 13.8 Å². The minimum Gasteiger partial charge on any atom is -0.317 e. The highest BCUT2D eigenvalue weighted by molar-refractivity contribution is 8.18. The maximum absolute atomic E-state index is 13.0. The number of fused-ring (bicyclic) bond motifs is 1. The van der Waals surface area contributed by atoms with Gasteiger partial charge in [-0.3, -0.25) is 14.5 Å². The van der Waals surface area contributed by atoms with Gasteiger partial charge in [0.25, 0.3) is 11.1 Å². The molecule has 0 N–H and O–H groups in total. The average Bonchev–Trinajstić information content (AvgIpc) is 3.22. The molecule has 0 unspecified atom stereocenters. The first kappa shape index (κ1) is 21.6. The number of amides is 2. The summed E-state index contributed by atoms with van der Waals surface area (Å²) in [5.74, 6) is -0.278. The maximum Gasteiger partial charge on any atom is 0.293 e. The molecule has 0 atom stereocenters. The van der Waals surface area contributed by atoms with Gasteiger partial charge in [0.1, 0.15) is 0 Å². The molecule has 6 heteroatoms. The van der Waals surface area contributed by atoms with Crippen LogP contribution < -0.4 is 0 Å². The smallest absolute Gasteiger partial charge is 0.293 e. The molecule has 1 aliphatic heterocycles. The van der Waals surface area contributed by atoms with E-state index in [4.69, 9.17) is 11.6 Å². The molecule has 4 aromatic rings. The lowest BCUT2D eigenvalue weighted by Gasteiger charge is -2.13. The quantitative estimate of drug-likeness (QED) is 0.296. The van der Waals surface area contributed by atoms with Crippen molar-refractivity contribution in [3.8, 4) is 5.69 Å². The number of thioether (sulfide) groups is 1. The van der Waals surface area contributed by atoms with E-state index in [1.54, 1.807) is 12.1 Å². The SMILES string of the molecule is Cc1cc(/C=C2\SC(=O)N(Cc3cccc(Cl)c3)C2=O)c(C)n1-c1cccc2ccccc12. The summed E-state index contributed by atoms with van der Waals surface area (Å²) in [5, 5.41) is 2.64. The predicted octanol–water partition coefficient (Wildman–Crippen LogP) is 7.14. The van der Waals surface area contributed by atoms with E-state index >= 15 is 0 Å². The Morgan fingerprint density at radius 2 is 1.70 bits per heavy atom. The molecule has 5 rings (SSSR count). The van der Waals surface area contributed by atoms with E-state index in [0.29, 0.717) is 9.93 Å². The van der Waals surface area contributed by atoms with Gasteiger partial charge >= 0.3 is 0 Å². The number of imide groups is 1. The molecule has 1 saturated heterocycles. The van der Waals surface area contributed by atoms with Gasteiger partial charge in [-0.2, -0.15) is 0 Å². The molecule has 2 amide bonds. The molecular formula is C27H21ClN2O2S. The number of carbonyl (C=O) groups is 2. The molecule has 1 aliphatic rings. The van der Waals surface area contributed by atoms with Crippen LogP contribution in [0.15, 0.2) is 77.7 Å². The van der Waals surface area contributed by atoms with Crippen molar-refractivity contribution < 1.29 is 9.59 Å². The number of nitrogens with zero attached hydrogens (tertiary/aromatic N) is 2. The number of hydrogen-bond acceptors (Lipinski definition) is 3. The summed E-state index contributed by atoms with van der Waals surface area (Å²) in [6.07, 6.45) is 1.83. The van der Waals surface area contributed by atoms with E-state index in [0.717, 1.165) is 45.4 Å². The summed E-state index contributed by atoms with van der Waals surface area (Å²) in [7, 11) is 0. The van der Waals surface area contributed by atoms with Crippen LogP contribution in [0.3, 0.4) is 0 Å². The van der Waals surface area contributed by atoms with Crippen LogP contribution in [0.1, 0.15) is 22.5 Å². The van der Waals surface area contributed by atoms with Gasteiger partial charge < -0.3 is 4.57 Å². The third kappa shape index (κ3) is 3.99. The largest absolute Gasteiger partial charge is 0.317 e. The van der Waals surface area contributed by atoms with E-state index in [9.17, 15) is 9.59 Å². The summed E-state index contributed by atoms with van der Waals surface area (Å²) in [6.45, 7) is 4.30. The van der Waals surface area contributed by atoms with Crippen molar-refractivity contribution in [1.82, 2.24) is 9.47 Å². The molecule has 2 heterocycles. The second-order valence-corrected chi connectivity index (χ2v) is 9.49. The number of aromatic nitrogens is 1. The molecule has 4 nitrogen and oxygen atoms in total. The molecule has 164 valence electrons. The van der Waals surface area contributed by atoms with Crippen LogP contribution in [0.5, 0.6) is 0 Å². The van der Waals surface area contributed by atoms with Gasteiger partial charge in [-0.05, 0) is 72.5 Å². The molecule has 0 spiro atoms. The van der Waals surface area contributed by atoms with E-state index in [2.05, 4.69) is 47.9 Å². The third-order valence-corrected chi connectivity index (χ3v) is 7.01. The fourth-order valence-corrected chi connectivity index (χ4v) is 5.35. The Labute approximate surface area is 201 Å². The number of carbonyl (C=O) groups excluding carboxylic acids is 2. The van der Waals surface area contributed by atoms with E-state index in [-0.39, 0.29) is 17.7 Å². The first-order valence-electron chi connectivity index (χ1n) is 10.6. The predicted molar refractivity (Wildman–Crippen MR) is 136 cm³/mol. The Morgan fingerprint density at radius 3 is 2.52 bits per heavy atom. The molecule has 0 radical (unpaired) electrons. The molecule has 3 aromatic carbocycles. The highest BCUT2D eigenvalue weighted by atomic mass is 35.5. The van der Waals surface area contributed by atoms with E-state index in [1.165, 1.54) is 10.3 Å². The average molecular weight is 473 g/mol. The minimum atomic E-state index is -0.278. The van der Waals surface area contributed by atoms with Crippen LogP contribution in [0.25, 0.3) is 22.5 Å². The van der Waals surface area contributed by atoms with Gasteiger partial charge in [-0.25, -0.2) is 0 Å². The van der Waals surface area contributed by atoms with Crippen molar-refractivity contribution >= 4 is 51.4 Å². The summed E-state index contributed by atoms with van der Waals surface area (Å²) in [6, 6.07) is 23.8. The van der Waals surface area contributed by atoms with Crippen LogP contribution in [-0.4, -0.2) is 20.6 Å². The highest BCUT2D eigenvalue weighted by Gasteiger charge is 2.35. The molecular weight excluding hydrogens is 452 g/mol. The van der Waals surface area contributed by atoms with Gasteiger partial charge in [0, 0.05) is 21.8 Å². The first-order valence-corrected chi connectivity index (χ1v) is 11.8. The third-order valence-electron chi connectivity index (χ3n) is 5.87. The molecule has 0 bridgehead atoms. The van der Waals surface area contributed by atoms with E-state index < -0.39 is 0 Å². The molecule has 0 saturated carbocycles. The zero-order valence-corrected chi connectivity index (χ0v) is 19.8. The Kier molecular flexibility index (Phi) is 5.60. The van der Waals surface area contributed by atoms with Crippen LogP contribution in [0.4, 0.5) is 4.79 Å². The molecule has 0 aliphatic carbocycles. The lowest BCUT2D eigenvalue weighted by Crippen LogP contribution is -2.27. The molecule has 33 heavy (non-hydrogen) atoms. The van der Waals surface area contributed by atoms with Gasteiger partial charge in [-0.1, -0.05) is 60.1 Å². The minimum absolute atomic E-state index is 0.206. The number of halogens is 1. The van der Waals surface area contributed by atoms with Crippen LogP contribution in [-0.2, 0) is 11.3 Å². The van der Waals surface area contributed by atoms with Gasteiger partial charge in [0.05, 0.1) is 17.1 Å². The summed E-state index contributed by atoms with van der Waals surface area (Å²) >= 11 is 7.03.